The van der Waals surface area contributed by atoms with Gasteiger partial charge in [0, 0.05) is 0 Å². The van der Waals surface area contributed by atoms with Crippen molar-refractivity contribution in [2.75, 3.05) is 13.2 Å². The van der Waals surface area contributed by atoms with E-state index in [1.165, 1.54) is 36.5 Å². The molecule has 164 valence electrons. The molecule has 0 aromatic heterocycles. The predicted molar refractivity (Wildman–Crippen MR) is 88.4 cm³/mol. The van der Waals surface area contributed by atoms with Crippen molar-refractivity contribution in [2.45, 2.75) is 49.0 Å². The Balaban J connectivity index is 2.07. The summed E-state index contributed by atoms with van der Waals surface area (Å²) >= 11 is 0. The number of alkyl halides is 6. The van der Waals surface area contributed by atoms with Crippen molar-refractivity contribution in [3.63, 3.8) is 0 Å². The van der Waals surface area contributed by atoms with E-state index in [1.807, 2.05) is 0 Å². The van der Waals surface area contributed by atoms with Crippen LogP contribution in [-0.4, -0.2) is 59.6 Å². The third-order valence-corrected chi connectivity index (χ3v) is 3.97. The number of allylic oxidation sites excluding steroid dienone is 4. The summed E-state index contributed by atoms with van der Waals surface area (Å²) in [6.07, 6.45) is -4.35. The number of halogens is 6. The molecule has 0 aromatic carbocycles. The summed E-state index contributed by atoms with van der Waals surface area (Å²) in [4.78, 5) is 0. The lowest BCUT2D eigenvalue weighted by Gasteiger charge is -2.42. The van der Waals surface area contributed by atoms with Crippen molar-refractivity contribution in [3.8, 4) is 0 Å². The molecule has 4 unspecified atom stereocenters. The highest BCUT2D eigenvalue weighted by Crippen LogP contribution is 2.33. The molecule has 29 heavy (non-hydrogen) atoms. The van der Waals surface area contributed by atoms with Crippen LogP contribution in [0.2, 0.25) is 0 Å². The van der Waals surface area contributed by atoms with Gasteiger partial charge >= 0.3 is 12.4 Å². The van der Waals surface area contributed by atoms with E-state index >= 15 is 0 Å². The van der Waals surface area contributed by atoms with Gasteiger partial charge in [0.25, 0.3) is 0 Å². The first kappa shape index (κ1) is 23.6. The molecular weight excluding hydrogens is 410 g/mol. The predicted octanol–water partition coefficient (Wildman–Crippen LogP) is 3.31. The van der Waals surface area contributed by atoms with E-state index in [0.717, 1.165) is 12.2 Å². The van der Waals surface area contributed by atoms with Gasteiger partial charge in [-0.3, -0.25) is 0 Å². The first-order valence-electron chi connectivity index (χ1n) is 8.57. The van der Waals surface area contributed by atoms with Crippen molar-refractivity contribution in [1.29, 1.82) is 0 Å². The fraction of sp³-hybridized carbons (Fsp3) is 0.556. The molecule has 0 fully saturated rings. The molecule has 0 spiro atoms. The molecule has 0 aliphatic heterocycles. The normalized spacial score (nSPS) is 32.1. The topological polar surface area (TPSA) is 68.2 Å². The first-order chi connectivity index (χ1) is 13.3. The zero-order chi connectivity index (χ0) is 21.8. The number of ether oxygens (including phenoxy) is 3. The number of rotatable bonds is 8. The highest BCUT2D eigenvalue weighted by Gasteiger charge is 2.48. The first-order valence-corrected chi connectivity index (χ1v) is 8.57. The molecular formula is C18H20F6O5. The summed E-state index contributed by atoms with van der Waals surface area (Å²) in [6.45, 7) is -1.56. The van der Waals surface area contributed by atoms with Crippen molar-refractivity contribution in [2.24, 2.45) is 0 Å². The summed E-state index contributed by atoms with van der Waals surface area (Å²) in [5.41, 5.74) is 0. The van der Waals surface area contributed by atoms with E-state index < -0.39 is 62.2 Å². The number of hydrogen-bond donors (Lipinski definition) is 2. The van der Waals surface area contributed by atoms with Gasteiger partial charge in [-0.25, -0.2) is 0 Å². The van der Waals surface area contributed by atoms with Crippen LogP contribution < -0.4 is 0 Å². The van der Waals surface area contributed by atoms with E-state index in [4.69, 9.17) is 14.2 Å². The SMILES string of the molecule is OC1(OC2(O)C=CC=CC2OCCC(F)(F)F)C=CC=CC1OCCC(F)(F)F. The van der Waals surface area contributed by atoms with Gasteiger partial charge in [-0.2, -0.15) is 26.3 Å². The number of hydrogen-bond acceptors (Lipinski definition) is 5. The average Bonchev–Trinajstić information content (AvgIpc) is 2.56. The lowest BCUT2D eigenvalue weighted by atomic mass is 10.00. The largest absolute Gasteiger partial charge is 0.391 e. The maximum atomic E-state index is 12.3. The Bertz CT molecular complexity index is 613. The quantitative estimate of drug-likeness (QED) is 0.457. The molecule has 0 aromatic rings. The van der Waals surface area contributed by atoms with Crippen LogP contribution in [0.3, 0.4) is 0 Å². The van der Waals surface area contributed by atoms with Crippen LogP contribution in [0.4, 0.5) is 26.3 Å². The summed E-state index contributed by atoms with van der Waals surface area (Å²) < 4.78 is 89.4. The van der Waals surface area contributed by atoms with Crippen molar-refractivity contribution >= 4 is 0 Å². The second-order valence-electron chi connectivity index (χ2n) is 6.41. The minimum absolute atomic E-state index is 0.780. The molecule has 0 heterocycles. The monoisotopic (exact) mass is 430 g/mol. The Kier molecular flexibility index (Phi) is 7.33. The summed E-state index contributed by atoms with van der Waals surface area (Å²) in [6, 6.07) is 0. The van der Waals surface area contributed by atoms with E-state index in [-0.39, 0.29) is 0 Å². The summed E-state index contributed by atoms with van der Waals surface area (Å²) in [7, 11) is 0. The van der Waals surface area contributed by atoms with Gasteiger partial charge in [0.15, 0.2) is 0 Å². The van der Waals surface area contributed by atoms with Crippen LogP contribution in [-0.2, 0) is 14.2 Å². The summed E-state index contributed by atoms with van der Waals surface area (Å²) in [5, 5.41) is 21.5. The standard InChI is InChI=1S/C18H20F6O5/c19-17(20,21)9-11-27-13-5-1-3-7-15(13,25)29-16(26)8-4-2-6-14(16)28-12-10-18(22,23)24/h1-8,13-14,25-26H,9-12H2. The molecule has 5 nitrogen and oxygen atoms in total. The highest BCUT2D eigenvalue weighted by atomic mass is 19.4. The molecule has 2 N–H and O–H groups in total. The second kappa shape index (κ2) is 9.00. The van der Waals surface area contributed by atoms with Gasteiger partial charge in [-0.1, -0.05) is 36.5 Å². The Morgan fingerprint density at radius 3 is 1.41 bits per heavy atom. The van der Waals surface area contributed by atoms with Crippen LogP contribution in [0.15, 0.2) is 48.6 Å². The van der Waals surface area contributed by atoms with Crippen molar-refractivity contribution in [1.82, 2.24) is 0 Å². The highest BCUT2D eigenvalue weighted by molar-refractivity contribution is 5.24. The molecule has 0 saturated carbocycles. The van der Waals surface area contributed by atoms with Gasteiger partial charge < -0.3 is 24.4 Å². The molecule has 0 amide bonds. The maximum absolute atomic E-state index is 12.3. The minimum atomic E-state index is -4.47. The third-order valence-electron chi connectivity index (χ3n) is 3.97. The average molecular weight is 430 g/mol. The zero-order valence-corrected chi connectivity index (χ0v) is 15.0. The van der Waals surface area contributed by atoms with Crippen LogP contribution in [0.25, 0.3) is 0 Å². The van der Waals surface area contributed by atoms with Gasteiger partial charge in [-0.15, -0.1) is 0 Å². The van der Waals surface area contributed by atoms with Crippen LogP contribution in [0, 0.1) is 0 Å². The van der Waals surface area contributed by atoms with E-state index in [9.17, 15) is 36.6 Å². The van der Waals surface area contributed by atoms with Gasteiger partial charge in [0.05, 0.1) is 26.1 Å². The molecule has 11 heteroatoms. The second-order valence-corrected chi connectivity index (χ2v) is 6.41. The Hall–Kier alpha value is -1.66. The smallest absolute Gasteiger partial charge is 0.368 e. The van der Waals surface area contributed by atoms with Crippen LogP contribution in [0.1, 0.15) is 12.8 Å². The minimum Gasteiger partial charge on any atom is -0.368 e. The molecule has 0 bridgehead atoms. The zero-order valence-electron chi connectivity index (χ0n) is 15.0. The molecule has 0 saturated heterocycles. The lowest BCUT2D eigenvalue weighted by Crippen LogP contribution is -2.56. The third kappa shape index (κ3) is 7.27. The van der Waals surface area contributed by atoms with Gasteiger partial charge in [0.1, 0.15) is 12.2 Å². The summed E-state index contributed by atoms with van der Waals surface area (Å²) in [5.74, 6) is -4.79. The molecule has 0 radical (unpaired) electrons. The molecule has 2 aliphatic rings. The maximum Gasteiger partial charge on any atom is 0.391 e. The van der Waals surface area contributed by atoms with E-state index in [0.29, 0.717) is 0 Å². The van der Waals surface area contributed by atoms with Crippen molar-refractivity contribution < 1.29 is 50.8 Å². The molecule has 4 atom stereocenters. The van der Waals surface area contributed by atoms with E-state index in [1.54, 1.807) is 0 Å². The Labute approximate surface area is 162 Å². The van der Waals surface area contributed by atoms with Gasteiger partial charge in [-0.05, 0) is 12.2 Å². The Morgan fingerprint density at radius 1 is 0.690 bits per heavy atom. The lowest BCUT2D eigenvalue weighted by molar-refractivity contribution is -0.341. The molecule has 2 aliphatic carbocycles. The fourth-order valence-electron chi connectivity index (χ4n) is 2.58. The fourth-order valence-corrected chi connectivity index (χ4v) is 2.58. The Morgan fingerprint density at radius 2 is 1.07 bits per heavy atom. The number of aliphatic hydroxyl groups is 2. The van der Waals surface area contributed by atoms with Crippen LogP contribution in [0.5, 0.6) is 0 Å². The molecule has 2 rings (SSSR count). The van der Waals surface area contributed by atoms with Gasteiger partial charge in [0.2, 0.25) is 11.6 Å². The van der Waals surface area contributed by atoms with Crippen LogP contribution >= 0.6 is 0 Å². The van der Waals surface area contributed by atoms with E-state index in [2.05, 4.69) is 0 Å². The van der Waals surface area contributed by atoms with Crippen molar-refractivity contribution in [3.05, 3.63) is 48.6 Å².